The standard InChI is InChI=1S/C18H21N3O3.ClH/c1-21-10-4-8-16(21)17(22)20-14-6-2-5-13(11-14)18(23)24-12-15-7-3-9-19-15;/h2,4-6,8,10-11,15,19H,3,7,9,12H2,1H3,(H,20,22);1H. The lowest BCUT2D eigenvalue weighted by Crippen LogP contribution is -2.28. The fraction of sp³-hybridized carbons (Fsp3) is 0.333. The third-order valence-corrected chi connectivity index (χ3v) is 4.11. The number of esters is 1. The lowest BCUT2D eigenvalue weighted by Gasteiger charge is -2.11. The van der Waals surface area contributed by atoms with Crippen molar-refractivity contribution < 1.29 is 14.3 Å². The first-order valence-electron chi connectivity index (χ1n) is 8.07. The van der Waals surface area contributed by atoms with Crippen LogP contribution in [-0.4, -0.2) is 35.6 Å². The summed E-state index contributed by atoms with van der Waals surface area (Å²) in [4.78, 5) is 24.4. The summed E-state index contributed by atoms with van der Waals surface area (Å²) >= 11 is 0. The average molecular weight is 364 g/mol. The number of halogens is 1. The highest BCUT2D eigenvalue weighted by atomic mass is 35.5. The highest BCUT2D eigenvalue weighted by Crippen LogP contribution is 2.14. The van der Waals surface area contributed by atoms with Crippen LogP contribution in [0.2, 0.25) is 0 Å². The van der Waals surface area contributed by atoms with Crippen molar-refractivity contribution >= 4 is 30.0 Å². The fourth-order valence-corrected chi connectivity index (χ4v) is 2.77. The van der Waals surface area contributed by atoms with Gasteiger partial charge in [-0.15, -0.1) is 12.4 Å². The van der Waals surface area contributed by atoms with Gasteiger partial charge in [0, 0.05) is 25.0 Å². The highest BCUT2D eigenvalue weighted by Gasteiger charge is 2.17. The van der Waals surface area contributed by atoms with Crippen molar-refractivity contribution in [2.75, 3.05) is 18.5 Å². The summed E-state index contributed by atoms with van der Waals surface area (Å²) in [5, 5.41) is 6.08. The van der Waals surface area contributed by atoms with Crippen molar-refractivity contribution in [1.82, 2.24) is 9.88 Å². The minimum atomic E-state index is -0.376. The number of nitrogens with one attached hydrogen (secondary N) is 2. The minimum absolute atomic E-state index is 0. The number of hydrogen-bond acceptors (Lipinski definition) is 4. The number of aromatic nitrogens is 1. The molecule has 6 nitrogen and oxygen atoms in total. The smallest absolute Gasteiger partial charge is 0.338 e. The van der Waals surface area contributed by atoms with Gasteiger partial charge in [0.2, 0.25) is 0 Å². The van der Waals surface area contributed by atoms with Crippen LogP contribution in [0.4, 0.5) is 5.69 Å². The molecular formula is C18H22ClN3O3. The number of hydrogen-bond donors (Lipinski definition) is 2. The molecule has 1 aliphatic heterocycles. The summed E-state index contributed by atoms with van der Waals surface area (Å²) in [7, 11) is 1.81. The van der Waals surface area contributed by atoms with E-state index in [9.17, 15) is 9.59 Å². The molecule has 3 rings (SSSR count). The van der Waals surface area contributed by atoms with Crippen LogP contribution in [0.1, 0.15) is 33.7 Å². The molecule has 1 fully saturated rings. The Morgan fingerprint density at radius 3 is 2.84 bits per heavy atom. The van der Waals surface area contributed by atoms with Crippen LogP contribution in [0.25, 0.3) is 0 Å². The van der Waals surface area contributed by atoms with Crippen LogP contribution in [0.5, 0.6) is 0 Å². The second-order valence-electron chi connectivity index (χ2n) is 5.93. The number of rotatable bonds is 5. The van der Waals surface area contributed by atoms with Crippen molar-refractivity contribution in [1.29, 1.82) is 0 Å². The minimum Gasteiger partial charge on any atom is -0.460 e. The first-order valence-corrected chi connectivity index (χ1v) is 8.07. The molecular weight excluding hydrogens is 342 g/mol. The van der Waals surface area contributed by atoms with Gasteiger partial charge in [0.1, 0.15) is 12.3 Å². The van der Waals surface area contributed by atoms with E-state index in [0.717, 1.165) is 19.4 Å². The summed E-state index contributed by atoms with van der Waals surface area (Å²) in [6, 6.07) is 10.6. The van der Waals surface area contributed by atoms with Gasteiger partial charge in [-0.1, -0.05) is 6.07 Å². The van der Waals surface area contributed by atoms with E-state index in [4.69, 9.17) is 4.74 Å². The molecule has 1 atom stereocenters. The molecule has 134 valence electrons. The third-order valence-electron chi connectivity index (χ3n) is 4.11. The largest absolute Gasteiger partial charge is 0.460 e. The first kappa shape index (κ1) is 19.0. The second-order valence-corrected chi connectivity index (χ2v) is 5.93. The molecule has 7 heteroatoms. The first-order chi connectivity index (χ1) is 11.6. The van der Waals surface area contributed by atoms with Gasteiger partial charge < -0.3 is 19.9 Å². The van der Waals surface area contributed by atoms with Gasteiger partial charge in [0.15, 0.2) is 0 Å². The Morgan fingerprint density at radius 1 is 1.32 bits per heavy atom. The zero-order valence-electron chi connectivity index (χ0n) is 14.0. The molecule has 0 bridgehead atoms. The number of ether oxygens (including phenoxy) is 1. The Hall–Kier alpha value is -2.31. The van der Waals surface area contributed by atoms with Gasteiger partial charge in [-0.3, -0.25) is 4.79 Å². The molecule has 2 aromatic rings. The zero-order chi connectivity index (χ0) is 16.9. The normalized spacial score (nSPS) is 16.1. The number of carbonyl (C=O) groups is 2. The Bertz CT molecular complexity index is 739. The van der Waals surface area contributed by atoms with Crippen molar-refractivity contribution in [3.8, 4) is 0 Å². The molecule has 1 aromatic heterocycles. The molecule has 1 saturated heterocycles. The molecule has 1 amide bonds. The zero-order valence-corrected chi connectivity index (χ0v) is 14.8. The van der Waals surface area contributed by atoms with E-state index >= 15 is 0 Å². The molecule has 1 unspecified atom stereocenters. The molecule has 0 radical (unpaired) electrons. The second kappa shape index (κ2) is 8.69. The van der Waals surface area contributed by atoms with E-state index in [2.05, 4.69) is 10.6 Å². The Morgan fingerprint density at radius 2 is 2.16 bits per heavy atom. The van der Waals surface area contributed by atoms with Gasteiger partial charge in [0.25, 0.3) is 5.91 Å². The van der Waals surface area contributed by atoms with Crippen molar-refractivity contribution in [3.63, 3.8) is 0 Å². The summed E-state index contributed by atoms with van der Waals surface area (Å²) in [6.07, 6.45) is 3.95. The molecule has 1 aromatic carbocycles. The number of anilines is 1. The van der Waals surface area contributed by atoms with E-state index < -0.39 is 0 Å². The Balaban J connectivity index is 0.00000225. The van der Waals surface area contributed by atoms with E-state index in [0.29, 0.717) is 23.6 Å². The SMILES string of the molecule is Cl.Cn1cccc1C(=O)Nc1cccc(C(=O)OCC2CCCN2)c1. The van der Waals surface area contributed by atoms with Crippen molar-refractivity contribution in [2.24, 2.45) is 7.05 Å². The van der Waals surface area contributed by atoms with E-state index in [1.807, 2.05) is 0 Å². The summed E-state index contributed by atoms with van der Waals surface area (Å²) in [5.41, 5.74) is 1.54. The van der Waals surface area contributed by atoms with Gasteiger partial charge in [0.05, 0.1) is 5.56 Å². The van der Waals surface area contributed by atoms with Crippen LogP contribution in [0, 0.1) is 0 Å². The molecule has 0 spiro atoms. The summed E-state index contributed by atoms with van der Waals surface area (Å²) < 4.78 is 7.08. The quantitative estimate of drug-likeness (QED) is 0.801. The average Bonchev–Trinajstić information content (AvgIpc) is 3.24. The highest BCUT2D eigenvalue weighted by molar-refractivity contribution is 6.03. The lowest BCUT2D eigenvalue weighted by molar-refractivity contribution is 0.0473. The van der Waals surface area contributed by atoms with Gasteiger partial charge in [-0.2, -0.15) is 0 Å². The fourth-order valence-electron chi connectivity index (χ4n) is 2.77. The van der Waals surface area contributed by atoms with Crippen molar-refractivity contribution in [2.45, 2.75) is 18.9 Å². The van der Waals surface area contributed by atoms with Crippen LogP contribution >= 0.6 is 12.4 Å². The third kappa shape index (κ3) is 4.84. The topological polar surface area (TPSA) is 72.4 Å². The van der Waals surface area contributed by atoms with Crippen LogP contribution in [0.3, 0.4) is 0 Å². The molecule has 1 aliphatic rings. The predicted molar refractivity (Wildman–Crippen MR) is 98.4 cm³/mol. The molecule has 0 aliphatic carbocycles. The van der Waals surface area contributed by atoms with Gasteiger partial charge in [-0.05, 0) is 49.7 Å². The maximum Gasteiger partial charge on any atom is 0.338 e. The summed E-state index contributed by atoms with van der Waals surface area (Å²) in [6.45, 7) is 1.35. The van der Waals surface area contributed by atoms with Gasteiger partial charge >= 0.3 is 5.97 Å². The number of carbonyl (C=O) groups excluding carboxylic acids is 2. The van der Waals surface area contributed by atoms with Crippen molar-refractivity contribution in [3.05, 3.63) is 53.9 Å². The van der Waals surface area contributed by atoms with E-state index in [1.54, 1.807) is 54.2 Å². The number of amides is 1. The Labute approximate surface area is 153 Å². The summed E-state index contributed by atoms with van der Waals surface area (Å²) in [5.74, 6) is -0.596. The molecule has 2 heterocycles. The maximum absolute atomic E-state index is 12.2. The monoisotopic (exact) mass is 363 g/mol. The molecule has 0 saturated carbocycles. The van der Waals surface area contributed by atoms with E-state index in [1.165, 1.54) is 0 Å². The van der Waals surface area contributed by atoms with Crippen LogP contribution < -0.4 is 10.6 Å². The number of benzene rings is 1. The number of aryl methyl sites for hydroxylation is 1. The predicted octanol–water partition coefficient (Wildman–Crippen LogP) is 2.61. The Kier molecular flexibility index (Phi) is 6.61. The maximum atomic E-state index is 12.2. The van der Waals surface area contributed by atoms with E-state index in [-0.39, 0.29) is 30.3 Å². The lowest BCUT2D eigenvalue weighted by atomic mass is 10.2. The van der Waals surface area contributed by atoms with Crippen LogP contribution in [-0.2, 0) is 11.8 Å². The van der Waals surface area contributed by atoms with Gasteiger partial charge in [-0.25, -0.2) is 4.79 Å². The van der Waals surface area contributed by atoms with Crippen LogP contribution in [0.15, 0.2) is 42.6 Å². The number of nitrogens with zero attached hydrogens (tertiary/aromatic N) is 1. The molecule has 2 N–H and O–H groups in total. The molecule has 25 heavy (non-hydrogen) atoms.